The van der Waals surface area contributed by atoms with Gasteiger partial charge in [-0.15, -0.1) is 0 Å². The summed E-state index contributed by atoms with van der Waals surface area (Å²) < 4.78 is 1.87. The zero-order valence-electron chi connectivity index (χ0n) is 14.2. The van der Waals surface area contributed by atoms with Crippen LogP contribution in [-0.2, 0) is 17.9 Å². The number of rotatable bonds is 5. The third-order valence-electron chi connectivity index (χ3n) is 4.52. The van der Waals surface area contributed by atoms with Gasteiger partial charge in [-0.25, -0.2) is 0 Å². The van der Waals surface area contributed by atoms with Gasteiger partial charge in [-0.2, -0.15) is 5.10 Å². The summed E-state index contributed by atoms with van der Waals surface area (Å²) in [6.07, 6.45) is 2.04. The highest BCUT2D eigenvalue weighted by molar-refractivity contribution is 5.78. The van der Waals surface area contributed by atoms with Gasteiger partial charge in [0, 0.05) is 38.4 Å². The summed E-state index contributed by atoms with van der Waals surface area (Å²) in [4.78, 5) is 16.2. The Labute approximate surface area is 132 Å². The fourth-order valence-electron chi connectivity index (χ4n) is 3.26. The first-order valence-electron chi connectivity index (χ1n) is 8.01. The van der Waals surface area contributed by atoms with E-state index < -0.39 is 0 Å². The lowest BCUT2D eigenvalue weighted by molar-refractivity contribution is -0.134. The summed E-state index contributed by atoms with van der Waals surface area (Å²) in [5.41, 5.74) is 3.37. The number of hydrogen-bond acceptors (Lipinski definition) is 4. The molecule has 1 amide bonds. The van der Waals surface area contributed by atoms with Crippen LogP contribution in [0.2, 0.25) is 0 Å². The summed E-state index contributed by atoms with van der Waals surface area (Å²) in [6.45, 7) is 7.39. The number of nitrogens with zero attached hydrogens (tertiary/aromatic N) is 4. The van der Waals surface area contributed by atoms with Crippen molar-refractivity contribution < 1.29 is 9.90 Å². The van der Waals surface area contributed by atoms with Gasteiger partial charge < -0.3 is 10.0 Å². The van der Waals surface area contributed by atoms with Crippen molar-refractivity contribution in [3.05, 3.63) is 17.0 Å². The Bertz CT molecular complexity index is 524. The number of likely N-dealkylation sites (tertiary alicyclic amines) is 1. The Morgan fingerprint density at radius 2 is 2.14 bits per heavy atom. The van der Waals surface area contributed by atoms with E-state index in [4.69, 9.17) is 5.11 Å². The van der Waals surface area contributed by atoms with Gasteiger partial charge in [-0.1, -0.05) is 0 Å². The number of aromatic nitrogens is 2. The number of piperidine rings is 1. The molecule has 1 aliphatic rings. The van der Waals surface area contributed by atoms with E-state index in [0.717, 1.165) is 43.9 Å². The van der Waals surface area contributed by atoms with Crippen molar-refractivity contribution in [3.8, 4) is 0 Å². The zero-order valence-corrected chi connectivity index (χ0v) is 14.2. The SMILES string of the molecule is Cc1nn(CCO)c(C)c1CN1CCCC(C(=O)N(C)C)C1. The number of amides is 1. The Balaban J connectivity index is 2.06. The fourth-order valence-corrected chi connectivity index (χ4v) is 3.26. The molecule has 1 atom stereocenters. The molecule has 0 saturated carbocycles. The van der Waals surface area contributed by atoms with E-state index in [1.54, 1.807) is 4.90 Å². The van der Waals surface area contributed by atoms with Crippen molar-refractivity contribution in [1.82, 2.24) is 19.6 Å². The third kappa shape index (κ3) is 3.67. The average Bonchev–Trinajstić information content (AvgIpc) is 2.75. The minimum atomic E-state index is 0.102. The van der Waals surface area contributed by atoms with Gasteiger partial charge in [0.2, 0.25) is 5.91 Å². The Morgan fingerprint density at radius 1 is 1.41 bits per heavy atom. The highest BCUT2D eigenvalue weighted by Crippen LogP contribution is 2.22. The van der Waals surface area contributed by atoms with Crippen LogP contribution in [0.3, 0.4) is 0 Å². The second-order valence-electron chi connectivity index (χ2n) is 6.40. The molecule has 2 heterocycles. The lowest BCUT2D eigenvalue weighted by atomic mass is 9.96. The van der Waals surface area contributed by atoms with E-state index in [1.165, 1.54) is 5.56 Å². The van der Waals surface area contributed by atoms with Crippen LogP contribution in [0, 0.1) is 19.8 Å². The van der Waals surface area contributed by atoms with Crippen LogP contribution < -0.4 is 0 Å². The number of carbonyl (C=O) groups is 1. The molecule has 0 aromatic carbocycles. The zero-order chi connectivity index (χ0) is 16.3. The van der Waals surface area contributed by atoms with E-state index in [9.17, 15) is 4.79 Å². The molecule has 22 heavy (non-hydrogen) atoms. The van der Waals surface area contributed by atoms with E-state index >= 15 is 0 Å². The van der Waals surface area contributed by atoms with Crippen LogP contribution >= 0.6 is 0 Å². The first-order chi connectivity index (χ1) is 10.4. The predicted octanol–water partition coefficient (Wildman–Crippen LogP) is 0.792. The molecule has 1 unspecified atom stereocenters. The molecule has 2 rings (SSSR count). The van der Waals surface area contributed by atoms with Crippen LogP contribution in [0.4, 0.5) is 0 Å². The molecule has 0 bridgehead atoms. The number of carbonyl (C=O) groups excluding carboxylic acids is 1. The van der Waals surface area contributed by atoms with E-state index in [1.807, 2.05) is 25.7 Å². The van der Waals surface area contributed by atoms with Crippen LogP contribution in [-0.4, -0.2) is 64.4 Å². The number of aryl methyl sites for hydroxylation is 1. The van der Waals surface area contributed by atoms with Crippen molar-refractivity contribution in [2.75, 3.05) is 33.8 Å². The quantitative estimate of drug-likeness (QED) is 0.874. The second kappa shape index (κ2) is 7.24. The maximum atomic E-state index is 12.2. The Morgan fingerprint density at radius 3 is 2.77 bits per heavy atom. The first kappa shape index (κ1) is 17.0. The van der Waals surface area contributed by atoms with Gasteiger partial charge in [-0.05, 0) is 33.2 Å². The minimum Gasteiger partial charge on any atom is -0.394 e. The first-order valence-corrected chi connectivity index (χ1v) is 8.01. The fraction of sp³-hybridized carbons (Fsp3) is 0.750. The maximum absolute atomic E-state index is 12.2. The van der Waals surface area contributed by atoms with Crippen LogP contribution in [0.15, 0.2) is 0 Å². The summed E-state index contributed by atoms with van der Waals surface area (Å²) >= 11 is 0. The monoisotopic (exact) mass is 308 g/mol. The summed E-state index contributed by atoms with van der Waals surface area (Å²) in [5, 5.41) is 13.6. The molecule has 1 aromatic rings. The lowest BCUT2D eigenvalue weighted by Crippen LogP contribution is -2.42. The molecule has 0 radical (unpaired) electrons. The maximum Gasteiger partial charge on any atom is 0.226 e. The van der Waals surface area contributed by atoms with Gasteiger partial charge in [-0.3, -0.25) is 14.4 Å². The molecular formula is C16H28N4O2. The number of aliphatic hydroxyl groups excluding tert-OH is 1. The highest BCUT2D eigenvalue weighted by Gasteiger charge is 2.27. The Kier molecular flexibility index (Phi) is 5.58. The Hall–Kier alpha value is -1.40. The molecule has 124 valence electrons. The van der Waals surface area contributed by atoms with Crippen molar-refractivity contribution in [1.29, 1.82) is 0 Å². The topological polar surface area (TPSA) is 61.6 Å². The van der Waals surface area contributed by atoms with E-state index in [-0.39, 0.29) is 18.4 Å². The molecule has 1 aromatic heterocycles. The predicted molar refractivity (Wildman–Crippen MR) is 85.5 cm³/mol. The normalized spacial score (nSPS) is 19.4. The van der Waals surface area contributed by atoms with E-state index in [2.05, 4.69) is 16.9 Å². The third-order valence-corrected chi connectivity index (χ3v) is 4.52. The van der Waals surface area contributed by atoms with Crippen molar-refractivity contribution in [2.24, 2.45) is 5.92 Å². The summed E-state index contributed by atoms with van der Waals surface area (Å²) in [5.74, 6) is 0.339. The van der Waals surface area contributed by atoms with Crippen LogP contribution in [0.25, 0.3) is 0 Å². The largest absolute Gasteiger partial charge is 0.394 e. The molecular weight excluding hydrogens is 280 g/mol. The molecule has 1 fully saturated rings. The van der Waals surface area contributed by atoms with Crippen molar-refractivity contribution >= 4 is 5.91 Å². The highest BCUT2D eigenvalue weighted by atomic mass is 16.3. The summed E-state index contributed by atoms with van der Waals surface area (Å²) in [6, 6.07) is 0. The van der Waals surface area contributed by atoms with Crippen molar-refractivity contribution in [2.45, 2.75) is 39.8 Å². The number of aliphatic hydroxyl groups is 1. The minimum absolute atomic E-state index is 0.102. The molecule has 1 aliphatic heterocycles. The van der Waals surface area contributed by atoms with Gasteiger partial charge in [0.15, 0.2) is 0 Å². The lowest BCUT2D eigenvalue weighted by Gasteiger charge is -2.33. The van der Waals surface area contributed by atoms with Gasteiger partial charge in [0.05, 0.1) is 24.8 Å². The molecule has 1 saturated heterocycles. The smallest absolute Gasteiger partial charge is 0.226 e. The second-order valence-corrected chi connectivity index (χ2v) is 6.40. The van der Waals surface area contributed by atoms with Gasteiger partial charge in [0.25, 0.3) is 0 Å². The van der Waals surface area contributed by atoms with Crippen molar-refractivity contribution in [3.63, 3.8) is 0 Å². The average molecular weight is 308 g/mol. The van der Waals surface area contributed by atoms with Crippen LogP contribution in [0.1, 0.15) is 29.8 Å². The van der Waals surface area contributed by atoms with Crippen LogP contribution in [0.5, 0.6) is 0 Å². The van der Waals surface area contributed by atoms with Gasteiger partial charge in [0.1, 0.15) is 0 Å². The molecule has 6 nitrogen and oxygen atoms in total. The van der Waals surface area contributed by atoms with E-state index in [0.29, 0.717) is 6.54 Å². The molecule has 0 aliphatic carbocycles. The summed E-state index contributed by atoms with van der Waals surface area (Å²) in [7, 11) is 3.66. The molecule has 1 N–H and O–H groups in total. The molecule has 6 heteroatoms. The van der Waals surface area contributed by atoms with Gasteiger partial charge >= 0.3 is 0 Å². The molecule has 0 spiro atoms. The standard InChI is InChI=1S/C16H28N4O2/c1-12-15(13(2)20(17-12)8-9-21)11-19-7-5-6-14(10-19)16(22)18(3)4/h14,21H,5-11H2,1-4H3. The number of hydrogen-bond donors (Lipinski definition) is 1.